The van der Waals surface area contributed by atoms with Gasteiger partial charge in [0.25, 0.3) is 0 Å². The number of esters is 1. The fourth-order valence-corrected chi connectivity index (χ4v) is 4.46. The van der Waals surface area contributed by atoms with Gasteiger partial charge in [0.1, 0.15) is 6.04 Å². The van der Waals surface area contributed by atoms with Gasteiger partial charge in [0.2, 0.25) is 0 Å². The number of carbonyl (C=O) groups is 2. The monoisotopic (exact) mass is 456 g/mol. The molecule has 1 aliphatic heterocycles. The number of nitrogens with one attached hydrogen (secondary N) is 1. The summed E-state index contributed by atoms with van der Waals surface area (Å²) in [4.78, 5) is 29.8. The number of rotatable bonds is 7. The summed E-state index contributed by atoms with van der Waals surface area (Å²) >= 11 is 3.12. The van der Waals surface area contributed by atoms with Gasteiger partial charge in [0.05, 0.1) is 17.7 Å². The number of aliphatic imine (C=N–C) groups is 1. The second-order valence-corrected chi connectivity index (χ2v) is 8.63. The highest BCUT2D eigenvalue weighted by Gasteiger charge is 2.30. The summed E-state index contributed by atoms with van der Waals surface area (Å²) in [7, 11) is 0. The molecule has 0 unspecified atom stereocenters. The molecule has 0 saturated carbocycles. The van der Waals surface area contributed by atoms with E-state index in [9.17, 15) is 14.7 Å². The third-order valence-electron chi connectivity index (χ3n) is 4.69. The first-order chi connectivity index (χ1) is 14.9. The first-order valence-corrected chi connectivity index (χ1v) is 12.0. The Morgan fingerprint density at radius 3 is 2.58 bits per heavy atom. The molecule has 1 heterocycles. The van der Waals surface area contributed by atoms with Crippen LogP contribution in [0.2, 0.25) is 0 Å². The molecule has 3 rings (SSSR count). The van der Waals surface area contributed by atoms with Gasteiger partial charge in [-0.15, -0.1) is 11.8 Å². The van der Waals surface area contributed by atoms with Crippen LogP contribution in [-0.2, 0) is 15.3 Å². The Morgan fingerprint density at radius 2 is 1.94 bits per heavy atom. The van der Waals surface area contributed by atoms with Gasteiger partial charge >= 0.3 is 11.9 Å². The van der Waals surface area contributed by atoms with E-state index in [1.807, 2.05) is 43.5 Å². The van der Waals surface area contributed by atoms with E-state index in [2.05, 4.69) is 5.32 Å². The van der Waals surface area contributed by atoms with Gasteiger partial charge in [-0.25, -0.2) is 14.6 Å². The topological polar surface area (TPSA) is 88.0 Å². The highest BCUT2D eigenvalue weighted by atomic mass is 32.2. The minimum atomic E-state index is -0.952. The SMILES string of the molecule is CCOC(=O)C1=C(C)NC(SCc2cccc(C(=O)O)c2)=N[C@@H]1c1ccc(SC)cc1. The molecule has 0 saturated heterocycles. The molecular formula is C23H24N2O4S2. The van der Waals surface area contributed by atoms with Crippen molar-refractivity contribution in [3.8, 4) is 0 Å². The molecule has 0 amide bonds. The van der Waals surface area contributed by atoms with Crippen LogP contribution in [0.4, 0.5) is 0 Å². The predicted octanol–water partition coefficient (Wildman–Crippen LogP) is 4.88. The number of hydrogen-bond acceptors (Lipinski definition) is 7. The molecule has 1 atom stereocenters. The van der Waals surface area contributed by atoms with Gasteiger partial charge in [0.15, 0.2) is 5.17 Å². The third kappa shape index (κ3) is 5.71. The van der Waals surface area contributed by atoms with Crippen molar-refractivity contribution in [2.24, 2.45) is 4.99 Å². The smallest absolute Gasteiger partial charge is 0.338 e. The standard InChI is InChI=1S/C23H24N2O4S2/c1-4-29-22(28)19-14(2)24-23(25-20(19)16-8-10-18(30-3)11-9-16)31-13-15-6-5-7-17(12-15)21(26)27/h5-12,20H,4,13H2,1-3H3,(H,24,25)(H,26,27)/t20-/m1/s1. The zero-order valence-electron chi connectivity index (χ0n) is 17.5. The van der Waals surface area contributed by atoms with Crippen LogP contribution >= 0.6 is 23.5 Å². The van der Waals surface area contributed by atoms with Gasteiger partial charge in [-0.2, -0.15) is 0 Å². The predicted molar refractivity (Wildman–Crippen MR) is 126 cm³/mol. The normalized spacial score (nSPS) is 15.8. The first-order valence-electron chi connectivity index (χ1n) is 9.74. The number of carboxylic acids is 1. The number of aromatic carboxylic acids is 1. The zero-order valence-corrected chi connectivity index (χ0v) is 19.2. The number of ether oxygens (including phenoxy) is 1. The Kier molecular flexibility index (Phi) is 7.81. The number of thioether (sulfide) groups is 2. The fraction of sp³-hybridized carbons (Fsp3) is 0.261. The number of carbonyl (C=O) groups excluding carboxylic acids is 1. The van der Waals surface area contributed by atoms with E-state index < -0.39 is 12.0 Å². The summed E-state index contributed by atoms with van der Waals surface area (Å²) in [6.07, 6.45) is 2.01. The Bertz CT molecular complexity index is 1030. The minimum absolute atomic E-state index is 0.254. The Balaban J connectivity index is 1.87. The van der Waals surface area contributed by atoms with Crippen LogP contribution in [0.15, 0.2) is 69.7 Å². The molecule has 0 aromatic heterocycles. The first kappa shape index (κ1) is 23.0. The Labute approximate surface area is 190 Å². The van der Waals surface area contributed by atoms with Crippen LogP contribution in [0.3, 0.4) is 0 Å². The molecule has 31 heavy (non-hydrogen) atoms. The van der Waals surface area contributed by atoms with E-state index >= 15 is 0 Å². The Hall–Kier alpha value is -2.71. The average Bonchev–Trinajstić information content (AvgIpc) is 2.77. The van der Waals surface area contributed by atoms with Crippen molar-refractivity contribution < 1.29 is 19.4 Å². The summed E-state index contributed by atoms with van der Waals surface area (Å²) in [6, 6.07) is 14.4. The molecule has 0 aliphatic carbocycles. The second-order valence-electron chi connectivity index (χ2n) is 6.79. The summed E-state index contributed by atoms with van der Waals surface area (Å²) in [5, 5.41) is 13.1. The van der Waals surface area contributed by atoms with E-state index in [-0.39, 0.29) is 11.5 Å². The number of carboxylic acid groups (broad SMARTS) is 1. The number of nitrogens with zero attached hydrogens (tertiary/aromatic N) is 1. The molecule has 2 N–H and O–H groups in total. The van der Waals surface area contributed by atoms with Gasteiger partial charge in [-0.1, -0.05) is 36.0 Å². The summed E-state index contributed by atoms with van der Waals surface area (Å²) in [6.45, 7) is 3.91. The van der Waals surface area contributed by atoms with Crippen molar-refractivity contribution in [3.63, 3.8) is 0 Å². The Morgan fingerprint density at radius 1 is 1.19 bits per heavy atom. The summed E-state index contributed by atoms with van der Waals surface area (Å²) in [5.74, 6) is -0.785. The number of hydrogen-bond donors (Lipinski definition) is 2. The van der Waals surface area contributed by atoms with Crippen LogP contribution in [-0.4, -0.2) is 35.1 Å². The maximum absolute atomic E-state index is 12.6. The average molecular weight is 457 g/mol. The van der Waals surface area contributed by atoms with Gasteiger partial charge in [0, 0.05) is 16.3 Å². The third-order valence-corrected chi connectivity index (χ3v) is 6.40. The highest BCUT2D eigenvalue weighted by Crippen LogP contribution is 2.34. The lowest BCUT2D eigenvalue weighted by Gasteiger charge is -2.26. The number of amidine groups is 1. The number of allylic oxidation sites excluding steroid dienone is 1. The molecular weight excluding hydrogens is 432 g/mol. The maximum atomic E-state index is 12.6. The van der Waals surface area contributed by atoms with Crippen LogP contribution in [0.25, 0.3) is 0 Å². The van der Waals surface area contributed by atoms with E-state index in [0.29, 0.717) is 28.8 Å². The van der Waals surface area contributed by atoms with E-state index in [4.69, 9.17) is 9.73 Å². The lowest BCUT2D eigenvalue weighted by atomic mass is 9.97. The van der Waals surface area contributed by atoms with Crippen molar-refractivity contribution >= 4 is 40.6 Å². The molecule has 8 heteroatoms. The summed E-state index contributed by atoms with van der Waals surface area (Å²) < 4.78 is 5.28. The number of benzene rings is 2. The van der Waals surface area contributed by atoms with Crippen molar-refractivity contribution in [2.75, 3.05) is 12.9 Å². The molecule has 0 spiro atoms. The van der Waals surface area contributed by atoms with Crippen molar-refractivity contribution in [1.29, 1.82) is 0 Å². The highest BCUT2D eigenvalue weighted by molar-refractivity contribution is 8.13. The maximum Gasteiger partial charge on any atom is 0.338 e. The van der Waals surface area contributed by atoms with Crippen LogP contribution in [0.5, 0.6) is 0 Å². The lowest BCUT2D eigenvalue weighted by Crippen LogP contribution is -2.30. The fourth-order valence-electron chi connectivity index (χ4n) is 3.17. The van der Waals surface area contributed by atoms with Crippen molar-refractivity contribution in [3.05, 3.63) is 76.5 Å². The van der Waals surface area contributed by atoms with Crippen molar-refractivity contribution in [1.82, 2.24) is 5.32 Å². The molecule has 6 nitrogen and oxygen atoms in total. The van der Waals surface area contributed by atoms with Gasteiger partial charge in [-0.3, -0.25) is 0 Å². The van der Waals surface area contributed by atoms with Crippen molar-refractivity contribution in [2.45, 2.75) is 30.5 Å². The second kappa shape index (κ2) is 10.5. The van der Waals surface area contributed by atoms with E-state index in [1.54, 1.807) is 36.9 Å². The molecule has 162 valence electrons. The van der Waals surface area contributed by atoms with E-state index in [1.165, 1.54) is 11.8 Å². The minimum Gasteiger partial charge on any atom is -0.478 e. The molecule has 2 aromatic carbocycles. The molecule has 0 radical (unpaired) electrons. The van der Waals surface area contributed by atoms with Gasteiger partial charge < -0.3 is 15.2 Å². The van der Waals surface area contributed by atoms with Gasteiger partial charge in [-0.05, 0) is 55.5 Å². The van der Waals surface area contributed by atoms with Crippen LogP contribution < -0.4 is 5.32 Å². The zero-order chi connectivity index (χ0) is 22.4. The molecule has 1 aliphatic rings. The molecule has 0 bridgehead atoms. The molecule has 0 fully saturated rings. The van der Waals surface area contributed by atoms with Crippen LogP contribution in [0.1, 0.15) is 41.4 Å². The largest absolute Gasteiger partial charge is 0.478 e. The summed E-state index contributed by atoms with van der Waals surface area (Å²) in [5.41, 5.74) is 3.25. The van der Waals surface area contributed by atoms with Crippen LogP contribution in [0, 0.1) is 0 Å². The van der Waals surface area contributed by atoms with E-state index in [0.717, 1.165) is 16.0 Å². The quantitative estimate of drug-likeness (QED) is 0.454. The molecule has 2 aromatic rings. The lowest BCUT2D eigenvalue weighted by molar-refractivity contribution is -0.138.